The molecule has 200 valence electrons. The van der Waals surface area contributed by atoms with E-state index in [9.17, 15) is 32.3 Å². The third kappa shape index (κ3) is 7.69. The molecule has 0 aliphatic heterocycles. The molecule has 9 nitrogen and oxygen atoms in total. The normalized spacial score (nSPS) is 11.1. The molecule has 0 saturated carbocycles. The summed E-state index contributed by atoms with van der Waals surface area (Å²) < 4.78 is 40.7. The van der Waals surface area contributed by atoms with Gasteiger partial charge in [0.2, 0.25) is 0 Å². The van der Waals surface area contributed by atoms with E-state index >= 15 is 0 Å². The number of carboxylic acid groups (broad SMARTS) is 1. The molecule has 2 aromatic carbocycles. The number of amides is 2. The minimum absolute atomic E-state index is 0.0742. The number of hydrogen-bond acceptors (Lipinski definition) is 6. The molecule has 0 saturated heterocycles. The lowest BCUT2D eigenvalue weighted by molar-refractivity contribution is 0.0688. The molecule has 2 amide bonds. The van der Waals surface area contributed by atoms with Crippen LogP contribution in [0.5, 0.6) is 0 Å². The lowest BCUT2D eigenvalue weighted by atomic mass is 10.0. The second-order valence-electron chi connectivity index (χ2n) is 8.59. The second-order valence-corrected chi connectivity index (χ2v) is 10.3. The zero-order valence-corrected chi connectivity index (χ0v) is 21.6. The number of benzene rings is 2. The van der Waals surface area contributed by atoms with Gasteiger partial charge in [-0.1, -0.05) is 38.0 Å². The minimum Gasteiger partial charge on any atom is -0.477 e. The van der Waals surface area contributed by atoms with Crippen LogP contribution in [-0.4, -0.2) is 42.8 Å². The number of carbonyl (C=O) groups excluding carboxylic acids is 2. The fourth-order valence-corrected chi connectivity index (χ4v) is 4.72. The monoisotopic (exact) mass is 541 g/mol. The summed E-state index contributed by atoms with van der Waals surface area (Å²) in [5.41, 5.74) is 0.962. The van der Waals surface area contributed by atoms with Crippen LogP contribution in [0.15, 0.2) is 65.7 Å². The maximum atomic E-state index is 13.0. The smallest absolute Gasteiger partial charge is 0.354 e. The van der Waals surface area contributed by atoms with Gasteiger partial charge in [0.1, 0.15) is 5.82 Å². The number of pyridine rings is 1. The maximum Gasteiger partial charge on any atom is 0.354 e. The predicted octanol–water partition coefficient (Wildman–Crippen LogP) is 3.74. The third-order valence-electron chi connectivity index (χ3n) is 5.73. The van der Waals surface area contributed by atoms with E-state index < -0.39 is 27.8 Å². The van der Waals surface area contributed by atoms with E-state index in [4.69, 9.17) is 0 Å². The molecule has 0 fully saturated rings. The topological polar surface area (TPSA) is 143 Å². The summed E-state index contributed by atoms with van der Waals surface area (Å²) in [4.78, 5) is 40.3. The first-order valence-electron chi connectivity index (χ1n) is 12.0. The van der Waals surface area contributed by atoms with Crippen molar-refractivity contribution in [1.29, 1.82) is 0 Å². The highest BCUT2D eigenvalue weighted by molar-refractivity contribution is 7.90. The van der Waals surface area contributed by atoms with E-state index in [-0.39, 0.29) is 34.1 Å². The molecule has 1 aromatic heterocycles. The van der Waals surface area contributed by atoms with Crippen LogP contribution < -0.4 is 10.0 Å². The van der Waals surface area contributed by atoms with Gasteiger partial charge in [0, 0.05) is 18.3 Å². The van der Waals surface area contributed by atoms with E-state index in [1.54, 1.807) is 12.1 Å². The van der Waals surface area contributed by atoms with Gasteiger partial charge in [0.15, 0.2) is 5.69 Å². The van der Waals surface area contributed by atoms with Gasteiger partial charge < -0.3 is 10.4 Å². The Morgan fingerprint density at radius 1 is 0.947 bits per heavy atom. The first-order valence-corrected chi connectivity index (χ1v) is 13.5. The van der Waals surface area contributed by atoms with Crippen molar-refractivity contribution in [3.8, 4) is 0 Å². The molecular formula is C27H28FN3O6S. The Bertz CT molecular complexity index is 1420. The second kappa shape index (κ2) is 12.9. The van der Waals surface area contributed by atoms with Crippen molar-refractivity contribution in [1.82, 2.24) is 15.0 Å². The lowest BCUT2D eigenvalue weighted by Crippen LogP contribution is -2.31. The van der Waals surface area contributed by atoms with Gasteiger partial charge in [-0.25, -0.2) is 27.3 Å². The van der Waals surface area contributed by atoms with Crippen molar-refractivity contribution >= 4 is 27.8 Å². The van der Waals surface area contributed by atoms with Gasteiger partial charge in [-0.15, -0.1) is 0 Å². The number of sulfonamides is 1. The Hall–Kier alpha value is -4.12. The maximum absolute atomic E-state index is 13.0. The quantitative estimate of drug-likeness (QED) is 0.297. The predicted molar refractivity (Wildman–Crippen MR) is 138 cm³/mol. The molecule has 38 heavy (non-hydrogen) atoms. The van der Waals surface area contributed by atoms with Crippen LogP contribution in [0.2, 0.25) is 0 Å². The number of unbranched alkanes of at least 4 members (excludes halogenated alkanes) is 2. The van der Waals surface area contributed by atoms with E-state index in [1.807, 2.05) is 11.6 Å². The molecule has 0 aliphatic carbocycles. The summed E-state index contributed by atoms with van der Waals surface area (Å²) in [5, 5.41) is 12.1. The molecule has 3 rings (SSSR count). The number of hydrogen-bond donors (Lipinski definition) is 3. The number of halogens is 1. The number of aromatic nitrogens is 1. The first-order chi connectivity index (χ1) is 18.1. The van der Waals surface area contributed by atoms with Crippen molar-refractivity contribution in [2.75, 3.05) is 6.54 Å². The Kier molecular flexibility index (Phi) is 9.66. The van der Waals surface area contributed by atoms with Crippen molar-refractivity contribution in [2.24, 2.45) is 0 Å². The van der Waals surface area contributed by atoms with Crippen molar-refractivity contribution in [3.05, 3.63) is 94.6 Å². The molecule has 0 atom stereocenters. The number of carbonyl (C=O) groups is 3. The standard InChI is InChI=1S/C27H28FN3O6S/c1-2-3-4-6-19-15-21(17-30-24(19)27(34)35)26(33)31-38(36,37)23-8-5-7-20(16-23)25(32)29-14-13-18-9-11-22(28)12-10-18/h5,7-12,15-17H,2-4,6,13-14H2,1H3,(H,29,32)(H,31,33)(H,34,35). The summed E-state index contributed by atoms with van der Waals surface area (Å²) in [5.74, 6) is -3.08. The largest absolute Gasteiger partial charge is 0.477 e. The van der Waals surface area contributed by atoms with Gasteiger partial charge in [-0.05, 0) is 66.8 Å². The summed E-state index contributed by atoms with van der Waals surface area (Å²) in [6.45, 7) is 2.25. The molecule has 0 bridgehead atoms. The number of aryl methyl sites for hydroxylation is 1. The fourth-order valence-electron chi connectivity index (χ4n) is 3.70. The third-order valence-corrected chi connectivity index (χ3v) is 7.06. The Labute approximate surface area is 220 Å². The molecule has 0 aliphatic rings. The highest BCUT2D eigenvalue weighted by atomic mass is 32.2. The van der Waals surface area contributed by atoms with Crippen molar-refractivity contribution in [3.63, 3.8) is 0 Å². The van der Waals surface area contributed by atoms with Crippen molar-refractivity contribution in [2.45, 2.75) is 43.9 Å². The van der Waals surface area contributed by atoms with Crippen LogP contribution in [0.25, 0.3) is 0 Å². The van der Waals surface area contributed by atoms with Gasteiger partial charge in [0.05, 0.1) is 10.5 Å². The number of aromatic carboxylic acids is 1. The first kappa shape index (κ1) is 28.5. The molecule has 11 heteroatoms. The van der Waals surface area contributed by atoms with Crippen molar-refractivity contribution < 1.29 is 32.3 Å². The molecule has 0 unspecified atom stereocenters. The highest BCUT2D eigenvalue weighted by Crippen LogP contribution is 2.16. The number of nitrogens with one attached hydrogen (secondary N) is 2. The van der Waals surface area contributed by atoms with E-state index in [1.165, 1.54) is 36.4 Å². The number of carboxylic acids is 1. The van der Waals surface area contributed by atoms with E-state index in [2.05, 4.69) is 10.3 Å². The zero-order chi connectivity index (χ0) is 27.7. The minimum atomic E-state index is -4.35. The number of rotatable bonds is 12. The number of nitrogens with zero attached hydrogens (tertiary/aromatic N) is 1. The van der Waals surface area contributed by atoms with Crippen LogP contribution in [-0.2, 0) is 22.9 Å². The van der Waals surface area contributed by atoms with E-state index in [0.29, 0.717) is 24.8 Å². The van der Waals surface area contributed by atoms with Gasteiger partial charge in [0.25, 0.3) is 21.8 Å². The highest BCUT2D eigenvalue weighted by Gasteiger charge is 2.22. The molecule has 0 radical (unpaired) electrons. The fraction of sp³-hybridized carbons (Fsp3) is 0.259. The van der Waals surface area contributed by atoms with Crippen LogP contribution in [0.3, 0.4) is 0 Å². The van der Waals surface area contributed by atoms with Gasteiger partial charge >= 0.3 is 5.97 Å². The van der Waals surface area contributed by atoms with Crippen LogP contribution in [0.4, 0.5) is 4.39 Å². The van der Waals surface area contributed by atoms with Crippen LogP contribution in [0.1, 0.15) is 68.5 Å². The summed E-state index contributed by atoms with van der Waals surface area (Å²) in [6.07, 6.45) is 4.33. The lowest BCUT2D eigenvalue weighted by Gasteiger charge is -2.11. The summed E-state index contributed by atoms with van der Waals surface area (Å²) in [7, 11) is -4.35. The Morgan fingerprint density at radius 2 is 1.68 bits per heavy atom. The molecule has 3 aromatic rings. The molecule has 0 spiro atoms. The Morgan fingerprint density at radius 3 is 2.37 bits per heavy atom. The molecule has 3 N–H and O–H groups in total. The Balaban J connectivity index is 1.69. The average Bonchev–Trinajstić information content (AvgIpc) is 2.89. The van der Waals surface area contributed by atoms with E-state index in [0.717, 1.165) is 30.7 Å². The molecular weight excluding hydrogens is 513 g/mol. The van der Waals surface area contributed by atoms with Crippen LogP contribution in [0, 0.1) is 5.82 Å². The molecule has 1 heterocycles. The summed E-state index contributed by atoms with van der Waals surface area (Å²) >= 11 is 0. The SMILES string of the molecule is CCCCCc1cc(C(=O)NS(=O)(=O)c2cccc(C(=O)NCCc3ccc(F)cc3)c2)cnc1C(=O)O. The average molecular weight is 542 g/mol. The van der Waals surface area contributed by atoms with Crippen LogP contribution >= 0.6 is 0 Å². The summed E-state index contributed by atoms with van der Waals surface area (Å²) in [6, 6.07) is 12.4. The van der Waals surface area contributed by atoms with Gasteiger partial charge in [-0.2, -0.15) is 0 Å². The zero-order valence-electron chi connectivity index (χ0n) is 20.7. The van der Waals surface area contributed by atoms with Gasteiger partial charge in [-0.3, -0.25) is 9.59 Å².